The van der Waals surface area contributed by atoms with E-state index >= 15 is 0 Å². The second kappa shape index (κ2) is 7.83. The predicted octanol–water partition coefficient (Wildman–Crippen LogP) is 2.76. The first-order valence-electron chi connectivity index (χ1n) is 7.24. The molecule has 0 bridgehead atoms. The van der Waals surface area contributed by atoms with Gasteiger partial charge in [0.15, 0.2) is 0 Å². The van der Waals surface area contributed by atoms with Gasteiger partial charge in [-0.3, -0.25) is 4.79 Å². The van der Waals surface area contributed by atoms with Gasteiger partial charge >= 0.3 is 0 Å². The van der Waals surface area contributed by atoms with E-state index in [9.17, 15) is 4.79 Å². The van der Waals surface area contributed by atoms with Crippen LogP contribution in [0.1, 0.15) is 49.3 Å². The predicted molar refractivity (Wildman–Crippen MR) is 85.7 cm³/mol. The third-order valence-corrected chi connectivity index (χ3v) is 5.50. The van der Waals surface area contributed by atoms with Crippen molar-refractivity contribution < 1.29 is 4.79 Å². The van der Waals surface area contributed by atoms with Crippen LogP contribution in [0.15, 0.2) is 0 Å². The van der Waals surface area contributed by atoms with Crippen LogP contribution in [0.4, 0.5) is 5.13 Å². The molecule has 2 N–H and O–H groups in total. The molecule has 1 aliphatic rings. The van der Waals surface area contributed by atoms with Gasteiger partial charge in [-0.2, -0.15) is 11.8 Å². The molecular weight excluding hydrogens is 292 g/mol. The Morgan fingerprint density at radius 1 is 1.40 bits per heavy atom. The standard InChI is InChI=1S/C13H22N4OS2/c1-3-8-14-13-17-16-12(20-13)11(18)15-9-6-5-7-10(9)19-4-2/h9-10H,3-8H2,1-2H3,(H,14,17)(H,15,18). The van der Waals surface area contributed by atoms with Gasteiger partial charge in [-0.25, -0.2) is 0 Å². The van der Waals surface area contributed by atoms with Crippen molar-refractivity contribution in [2.75, 3.05) is 17.6 Å². The highest BCUT2D eigenvalue weighted by Crippen LogP contribution is 2.30. The summed E-state index contributed by atoms with van der Waals surface area (Å²) in [5.41, 5.74) is 0. The van der Waals surface area contributed by atoms with Crippen LogP contribution in [0.5, 0.6) is 0 Å². The highest BCUT2D eigenvalue weighted by Gasteiger charge is 2.29. The van der Waals surface area contributed by atoms with Crippen molar-refractivity contribution in [3.63, 3.8) is 0 Å². The average molecular weight is 314 g/mol. The summed E-state index contributed by atoms with van der Waals surface area (Å²) in [6.45, 7) is 5.11. The number of nitrogens with one attached hydrogen (secondary N) is 2. The van der Waals surface area contributed by atoms with Crippen molar-refractivity contribution in [3.8, 4) is 0 Å². The van der Waals surface area contributed by atoms with Crippen molar-refractivity contribution in [1.29, 1.82) is 0 Å². The number of rotatable bonds is 7. The summed E-state index contributed by atoms with van der Waals surface area (Å²) in [4.78, 5) is 12.2. The van der Waals surface area contributed by atoms with Gasteiger partial charge in [-0.15, -0.1) is 10.2 Å². The summed E-state index contributed by atoms with van der Waals surface area (Å²) >= 11 is 3.27. The van der Waals surface area contributed by atoms with Gasteiger partial charge in [0.25, 0.3) is 5.91 Å². The molecule has 112 valence electrons. The van der Waals surface area contributed by atoms with Crippen molar-refractivity contribution >= 4 is 34.1 Å². The molecule has 1 saturated carbocycles. The maximum absolute atomic E-state index is 12.2. The Balaban J connectivity index is 1.89. The van der Waals surface area contributed by atoms with Gasteiger partial charge in [0, 0.05) is 17.8 Å². The zero-order valence-electron chi connectivity index (χ0n) is 12.0. The van der Waals surface area contributed by atoms with Crippen LogP contribution in [0.2, 0.25) is 0 Å². The van der Waals surface area contributed by atoms with Gasteiger partial charge in [0.1, 0.15) is 0 Å². The lowest BCUT2D eigenvalue weighted by molar-refractivity contribution is 0.0937. The van der Waals surface area contributed by atoms with Gasteiger partial charge in [0.05, 0.1) is 0 Å². The van der Waals surface area contributed by atoms with Crippen LogP contribution in [0.3, 0.4) is 0 Å². The van der Waals surface area contributed by atoms with E-state index < -0.39 is 0 Å². The molecule has 1 fully saturated rings. The number of carbonyl (C=O) groups excluding carboxylic acids is 1. The van der Waals surface area contributed by atoms with E-state index in [0.29, 0.717) is 10.3 Å². The topological polar surface area (TPSA) is 66.9 Å². The maximum atomic E-state index is 12.2. The fraction of sp³-hybridized carbons (Fsp3) is 0.769. The summed E-state index contributed by atoms with van der Waals surface area (Å²) in [5.74, 6) is 1.02. The Morgan fingerprint density at radius 2 is 2.25 bits per heavy atom. The number of aromatic nitrogens is 2. The van der Waals surface area contributed by atoms with Crippen molar-refractivity contribution in [2.24, 2.45) is 0 Å². The van der Waals surface area contributed by atoms with E-state index in [1.54, 1.807) is 0 Å². The third-order valence-electron chi connectivity index (χ3n) is 3.30. The Hall–Kier alpha value is -0.820. The zero-order chi connectivity index (χ0) is 14.4. The minimum atomic E-state index is -0.0827. The SMILES string of the molecule is CCCNc1nnc(C(=O)NC2CCCC2SCC)s1. The quantitative estimate of drug-likeness (QED) is 0.810. The smallest absolute Gasteiger partial charge is 0.282 e. The van der Waals surface area contributed by atoms with E-state index in [0.717, 1.165) is 30.3 Å². The third kappa shape index (κ3) is 4.09. The summed E-state index contributed by atoms with van der Waals surface area (Å²) in [7, 11) is 0. The first kappa shape index (κ1) is 15.6. The second-order valence-corrected chi connectivity index (χ2v) is 7.34. The largest absolute Gasteiger partial charge is 0.360 e. The molecule has 20 heavy (non-hydrogen) atoms. The van der Waals surface area contributed by atoms with Crippen molar-refractivity contribution in [3.05, 3.63) is 5.01 Å². The summed E-state index contributed by atoms with van der Waals surface area (Å²) in [5, 5.41) is 16.0. The van der Waals surface area contributed by atoms with Crippen LogP contribution in [-0.2, 0) is 0 Å². The molecule has 0 radical (unpaired) electrons. The molecule has 1 aromatic heterocycles. The highest BCUT2D eigenvalue weighted by molar-refractivity contribution is 7.99. The van der Waals surface area contributed by atoms with Crippen LogP contribution < -0.4 is 10.6 Å². The first-order valence-corrected chi connectivity index (χ1v) is 9.11. The summed E-state index contributed by atoms with van der Waals surface area (Å²) in [6, 6.07) is 0.281. The van der Waals surface area contributed by atoms with E-state index in [2.05, 4.69) is 34.7 Å². The van der Waals surface area contributed by atoms with E-state index in [1.165, 1.54) is 24.2 Å². The lowest BCUT2D eigenvalue weighted by atomic mass is 10.2. The van der Waals surface area contributed by atoms with Crippen LogP contribution in [-0.4, -0.2) is 39.7 Å². The Labute approximate surface area is 128 Å². The molecule has 0 aromatic carbocycles. The zero-order valence-corrected chi connectivity index (χ0v) is 13.6. The van der Waals surface area contributed by atoms with Crippen LogP contribution in [0.25, 0.3) is 0 Å². The molecule has 1 aromatic rings. The molecule has 0 saturated heterocycles. The number of hydrogen-bond acceptors (Lipinski definition) is 6. The molecule has 2 atom stereocenters. The van der Waals surface area contributed by atoms with Gasteiger partial charge < -0.3 is 10.6 Å². The first-order chi connectivity index (χ1) is 9.74. The average Bonchev–Trinajstić information content (AvgIpc) is 3.07. The van der Waals surface area contributed by atoms with Gasteiger partial charge in [-0.1, -0.05) is 31.6 Å². The lowest BCUT2D eigenvalue weighted by Gasteiger charge is -2.19. The normalized spacial score (nSPS) is 21.9. The molecule has 2 rings (SSSR count). The molecular formula is C13H22N4OS2. The van der Waals surface area contributed by atoms with Crippen molar-refractivity contribution in [2.45, 2.75) is 50.8 Å². The number of anilines is 1. The number of amides is 1. The molecule has 2 unspecified atom stereocenters. The van der Waals surface area contributed by atoms with E-state index in [-0.39, 0.29) is 11.9 Å². The molecule has 1 heterocycles. The van der Waals surface area contributed by atoms with Gasteiger partial charge in [0.2, 0.25) is 10.1 Å². The molecule has 1 aliphatic carbocycles. The van der Waals surface area contributed by atoms with Crippen LogP contribution >= 0.6 is 23.1 Å². The summed E-state index contributed by atoms with van der Waals surface area (Å²) in [6.07, 6.45) is 4.49. The number of thioether (sulfide) groups is 1. The minimum Gasteiger partial charge on any atom is -0.360 e. The molecule has 0 aliphatic heterocycles. The number of nitrogens with zero attached hydrogens (tertiary/aromatic N) is 2. The highest BCUT2D eigenvalue weighted by atomic mass is 32.2. The van der Waals surface area contributed by atoms with E-state index in [4.69, 9.17) is 0 Å². The Morgan fingerprint density at radius 3 is 3.00 bits per heavy atom. The fourth-order valence-electron chi connectivity index (χ4n) is 2.35. The Bertz CT molecular complexity index is 438. The molecule has 0 spiro atoms. The fourth-order valence-corrected chi connectivity index (χ4v) is 4.22. The monoisotopic (exact) mass is 314 g/mol. The summed E-state index contributed by atoms with van der Waals surface area (Å²) < 4.78 is 0. The second-order valence-electron chi connectivity index (χ2n) is 4.84. The molecule has 7 heteroatoms. The minimum absolute atomic E-state index is 0.0827. The molecule has 1 amide bonds. The number of carbonyl (C=O) groups is 1. The molecule has 5 nitrogen and oxygen atoms in total. The maximum Gasteiger partial charge on any atom is 0.282 e. The lowest BCUT2D eigenvalue weighted by Crippen LogP contribution is -2.38. The Kier molecular flexibility index (Phi) is 6.09. The van der Waals surface area contributed by atoms with E-state index in [1.807, 2.05) is 11.8 Å². The number of hydrogen-bond donors (Lipinski definition) is 2. The van der Waals surface area contributed by atoms with Gasteiger partial charge in [-0.05, 0) is 25.0 Å². The van der Waals surface area contributed by atoms with Crippen molar-refractivity contribution in [1.82, 2.24) is 15.5 Å². The van der Waals surface area contributed by atoms with Crippen LogP contribution in [0, 0.1) is 0 Å².